The van der Waals surface area contributed by atoms with E-state index in [9.17, 15) is 0 Å². The summed E-state index contributed by atoms with van der Waals surface area (Å²) in [4.78, 5) is 12.2. The number of aromatic nitrogens is 3. The molecule has 0 aliphatic heterocycles. The van der Waals surface area contributed by atoms with Gasteiger partial charge in [-0.15, -0.1) is 0 Å². The van der Waals surface area contributed by atoms with Crippen molar-refractivity contribution in [2.45, 2.75) is 10.9 Å². The molecule has 0 fully saturated rings. The molecule has 0 radical (unpaired) electrons. The predicted molar refractivity (Wildman–Crippen MR) is 95.3 cm³/mol. The van der Waals surface area contributed by atoms with Gasteiger partial charge in [-0.25, -0.2) is 9.97 Å². The lowest BCUT2D eigenvalue weighted by atomic mass is 10.2. The van der Waals surface area contributed by atoms with Gasteiger partial charge in [0.05, 0.1) is 17.6 Å². The van der Waals surface area contributed by atoms with Crippen molar-refractivity contribution in [3.63, 3.8) is 0 Å². The maximum Gasteiger partial charge on any atom is 0.205 e. The second kappa shape index (κ2) is 6.22. The summed E-state index contributed by atoms with van der Waals surface area (Å²) in [6, 6.07) is 15.9. The van der Waals surface area contributed by atoms with E-state index in [0.717, 1.165) is 32.0 Å². The van der Waals surface area contributed by atoms with E-state index in [1.165, 1.54) is 0 Å². The predicted octanol–water partition coefficient (Wildman–Crippen LogP) is 5.27. The average Bonchev–Trinajstić information content (AvgIpc) is 3.20. The Labute approximate surface area is 145 Å². The molecule has 0 amide bonds. The van der Waals surface area contributed by atoms with Crippen LogP contribution in [0.15, 0.2) is 68.8 Å². The van der Waals surface area contributed by atoms with E-state index in [1.807, 2.05) is 54.7 Å². The molecule has 0 atom stereocenters. The van der Waals surface area contributed by atoms with Crippen LogP contribution in [0.1, 0.15) is 5.89 Å². The van der Waals surface area contributed by atoms with Gasteiger partial charge in [0.15, 0.2) is 10.7 Å². The van der Waals surface area contributed by atoms with E-state index in [1.54, 1.807) is 11.8 Å². The van der Waals surface area contributed by atoms with Crippen molar-refractivity contribution in [1.82, 2.24) is 15.0 Å². The third-order valence-corrected chi connectivity index (χ3v) is 4.78. The number of nitrogens with one attached hydrogen (secondary N) is 1. The number of imidazole rings is 1. The highest BCUT2D eigenvalue weighted by Gasteiger charge is 2.08. The number of H-pyrrole nitrogens is 1. The molecule has 0 aliphatic carbocycles. The Kier molecular flexibility index (Phi) is 3.93. The van der Waals surface area contributed by atoms with Gasteiger partial charge in [0.2, 0.25) is 5.89 Å². The first-order valence-corrected chi connectivity index (χ1v) is 8.84. The van der Waals surface area contributed by atoms with Crippen molar-refractivity contribution in [3.05, 3.63) is 65.1 Å². The molecular formula is C17H12BrN3OS. The maximum atomic E-state index is 5.72. The molecule has 0 bridgehead atoms. The van der Waals surface area contributed by atoms with Crippen LogP contribution in [0, 0.1) is 0 Å². The quantitative estimate of drug-likeness (QED) is 0.486. The topological polar surface area (TPSA) is 54.7 Å². The molecule has 114 valence electrons. The number of oxazole rings is 1. The highest BCUT2D eigenvalue weighted by Crippen LogP contribution is 2.26. The van der Waals surface area contributed by atoms with Crippen LogP contribution in [0.25, 0.3) is 22.4 Å². The molecule has 2 aromatic heterocycles. The van der Waals surface area contributed by atoms with Crippen molar-refractivity contribution in [1.29, 1.82) is 0 Å². The van der Waals surface area contributed by atoms with Gasteiger partial charge in [0.1, 0.15) is 5.52 Å². The third-order valence-electron chi connectivity index (χ3n) is 3.38. The smallest absolute Gasteiger partial charge is 0.205 e. The summed E-state index contributed by atoms with van der Waals surface area (Å²) in [6.45, 7) is 0. The van der Waals surface area contributed by atoms with Crippen LogP contribution >= 0.6 is 27.7 Å². The zero-order valence-corrected chi connectivity index (χ0v) is 14.4. The van der Waals surface area contributed by atoms with E-state index in [2.05, 4.69) is 30.9 Å². The monoisotopic (exact) mass is 385 g/mol. The van der Waals surface area contributed by atoms with E-state index in [4.69, 9.17) is 4.42 Å². The summed E-state index contributed by atoms with van der Waals surface area (Å²) < 4.78 is 6.78. The highest BCUT2D eigenvalue weighted by atomic mass is 79.9. The van der Waals surface area contributed by atoms with Gasteiger partial charge < -0.3 is 9.40 Å². The van der Waals surface area contributed by atoms with Crippen LogP contribution in [0.2, 0.25) is 0 Å². The molecule has 4 nitrogen and oxygen atoms in total. The molecule has 0 unspecified atom stereocenters. The third kappa shape index (κ3) is 3.18. The average molecular weight is 386 g/mol. The maximum absolute atomic E-state index is 5.72. The number of rotatable bonds is 4. The summed E-state index contributed by atoms with van der Waals surface area (Å²) in [7, 11) is 0. The zero-order chi connectivity index (χ0) is 15.6. The zero-order valence-electron chi connectivity index (χ0n) is 12.0. The van der Waals surface area contributed by atoms with Gasteiger partial charge in [-0.2, -0.15) is 0 Å². The Morgan fingerprint density at radius 1 is 1.09 bits per heavy atom. The second-order valence-electron chi connectivity index (χ2n) is 4.97. The molecule has 6 heteroatoms. The molecule has 0 saturated carbocycles. The van der Waals surface area contributed by atoms with Crippen LogP contribution in [0.5, 0.6) is 0 Å². The van der Waals surface area contributed by atoms with E-state index in [-0.39, 0.29) is 0 Å². The number of thioether (sulfide) groups is 1. The fourth-order valence-corrected chi connectivity index (χ4v) is 3.22. The Morgan fingerprint density at radius 3 is 2.74 bits per heavy atom. The Hall–Kier alpha value is -2.05. The molecule has 1 N–H and O–H groups in total. The highest BCUT2D eigenvalue weighted by molar-refractivity contribution is 9.10. The fourth-order valence-electron chi connectivity index (χ4n) is 2.26. The molecule has 2 aromatic carbocycles. The first kappa shape index (κ1) is 14.5. The molecule has 23 heavy (non-hydrogen) atoms. The molecule has 4 aromatic rings. The van der Waals surface area contributed by atoms with Crippen LogP contribution in [-0.2, 0) is 5.75 Å². The van der Waals surface area contributed by atoms with Crippen LogP contribution in [0.3, 0.4) is 0 Å². The van der Waals surface area contributed by atoms with Crippen molar-refractivity contribution >= 4 is 38.8 Å². The number of nitrogens with zero attached hydrogens (tertiary/aromatic N) is 2. The van der Waals surface area contributed by atoms with Crippen molar-refractivity contribution in [2.24, 2.45) is 0 Å². The van der Waals surface area contributed by atoms with E-state index < -0.39 is 0 Å². The lowest BCUT2D eigenvalue weighted by molar-refractivity contribution is 0.556. The summed E-state index contributed by atoms with van der Waals surface area (Å²) in [5.74, 6) is 1.35. The molecule has 0 aliphatic rings. The van der Waals surface area contributed by atoms with Gasteiger partial charge in [0.25, 0.3) is 0 Å². The minimum atomic E-state index is 0.641. The number of benzene rings is 2. The van der Waals surface area contributed by atoms with Crippen LogP contribution in [-0.4, -0.2) is 15.0 Å². The van der Waals surface area contributed by atoms with Gasteiger partial charge in [-0.3, -0.25) is 0 Å². The Morgan fingerprint density at radius 2 is 1.91 bits per heavy atom. The summed E-state index contributed by atoms with van der Waals surface area (Å²) in [5, 5.41) is 0.852. The van der Waals surface area contributed by atoms with Crippen LogP contribution < -0.4 is 0 Å². The van der Waals surface area contributed by atoms with Crippen molar-refractivity contribution < 1.29 is 4.42 Å². The Balaban J connectivity index is 1.48. The molecule has 2 heterocycles. The summed E-state index contributed by atoms with van der Waals surface area (Å²) >= 11 is 5.02. The number of fused-ring (bicyclic) bond motifs is 1. The fraction of sp³-hybridized carbons (Fsp3) is 0.0588. The standard InChI is InChI=1S/C17H12BrN3OS/c18-12-7-5-11(6-8-12)14-9-19-17(21-14)23-10-16-20-13-3-1-2-4-15(13)22-16/h1-9H,10H2,(H,19,21). The van der Waals surface area contributed by atoms with E-state index in [0.29, 0.717) is 11.6 Å². The molecular weight excluding hydrogens is 374 g/mol. The van der Waals surface area contributed by atoms with Crippen molar-refractivity contribution in [3.8, 4) is 11.3 Å². The normalized spacial score (nSPS) is 11.2. The Bertz CT molecular complexity index is 913. The molecule has 0 saturated heterocycles. The lowest BCUT2D eigenvalue weighted by Crippen LogP contribution is -1.82. The van der Waals surface area contributed by atoms with Gasteiger partial charge in [0, 0.05) is 4.47 Å². The number of hydrogen-bond donors (Lipinski definition) is 1. The number of para-hydroxylation sites is 2. The number of hydrogen-bond acceptors (Lipinski definition) is 4. The van der Waals surface area contributed by atoms with Gasteiger partial charge >= 0.3 is 0 Å². The first-order chi connectivity index (χ1) is 11.3. The van der Waals surface area contributed by atoms with Crippen LogP contribution in [0.4, 0.5) is 0 Å². The largest absolute Gasteiger partial charge is 0.440 e. The minimum absolute atomic E-state index is 0.641. The second-order valence-corrected chi connectivity index (χ2v) is 6.85. The number of halogens is 1. The minimum Gasteiger partial charge on any atom is -0.440 e. The summed E-state index contributed by atoms with van der Waals surface area (Å²) in [5.41, 5.74) is 3.81. The van der Waals surface area contributed by atoms with Gasteiger partial charge in [-0.05, 0) is 29.8 Å². The number of aromatic amines is 1. The first-order valence-electron chi connectivity index (χ1n) is 7.06. The SMILES string of the molecule is Brc1ccc(-c2cnc(SCc3nc4ccccc4o3)[nH]2)cc1. The molecule has 0 spiro atoms. The van der Waals surface area contributed by atoms with Crippen molar-refractivity contribution in [2.75, 3.05) is 0 Å². The molecule has 4 rings (SSSR count). The summed E-state index contributed by atoms with van der Waals surface area (Å²) in [6.07, 6.45) is 1.84. The lowest BCUT2D eigenvalue weighted by Gasteiger charge is -1.97. The van der Waals surface area contributed by atoms with Gasteiger partial charge in [-0.1, -0.05) is 52.0 Å². The van der Waals surface area contributed by atoms with E-state index >= 15 is 0 Å².